The minimum Gasteiger partial charge on any atom is -0.377 e. The molecule has 0 aliphatic carbocycles. The highest BCUT2D eigenvalue weighted by molar-refractivity contribution is 5.75. The number of imidazole rings is 1. The molecule has 6 heteroatoms. The van der Waals surface area contributed by atoms with E-state index in [4.69, 9.17) is 10.6 Å². The van der Waals surface area contributed by atoms with Crippen LogP contribution in [0.25, 0.3) is 11.0 Å². The zero-order valence-corrected chi connectivity index (χ0v) is 8.54. The summed E-state index contributed by atoms with van der Waals surface area (Å²) in [6.45, 7) is 1.09. The van der Waals surface area contributed by atoms with E-state index in [-0.39, 0.29) is 11.2 Å². The van der Waals surface area contributed by atoms with Crippen LogP contribution in [0.3, 0.4) is 0 Å². The maximum Gasteiger partial charge on any atom is 0.323 e. The third kappa shape index (κ3) is 1.21. The molecule has 0 saturated carbocycles. The van der Waals surface area contributed by atoms with E-state index in [1.165, 1.54) is 0 Å². The second-order valence-corrected chi connectivity index (χ2v) is 4.06. The molecule has 1 aliphatic heterocycles. The molecule has 1 aliphatic rings. The van der Waals surface area contributed by atoms with Gasteiger partial charge in [0.25, 0.3) is 0 Å². The topological polar surface area (TPSA) is 95.9 Å². The first-order valence-electron chi connectivity index (χ1n) is 5.02. The first-order chi connectivity index (χ1) is 7.73. The lowest BCUT2D eigenvalue weighted by Gasteiger charge is -2.41. The van der Waals surface area contributed by atoms with Crippen LogP contribution in [0.1, 0.15) is 5.56 Å². The number of hydrogen-bond donors (Lipinski definition) is 4. The molecular weight excluding hydrogens is 208 g/mol. The van der Waals surface area contributed by atoms with Crippen molar-refractivity contribution in [1.29, 1.82) is 0 Å². The summed E-state index contributed by atoms with van der Waals surface area (Å²) in [5.74, 6) is 5.54. The second kappa shape index (κ2) is 3.18. The van der Waals surface area contributed by atoms with Gasteiger partial charge < -0.3 is 14.7 Å². The number of H-pyrrole nitrogens is 2. The van der Waals surface area contributed by atoms with Crippen LogP contribution in [0.4, 0.5) is 0 Å². The van der Waals surface area contributed by atoms with Crippen molar-refractivity contribution in [2.24, 2.45) is 5.84 Å². The standard InChI is InChI=1S/C10H12N4O2/c11-14-10(4-16-5-10)6-1-2-7-8(3-6)13-9(15)12-7/h1-3,14H,4-5,11H2,(H2,12,13,15). The first kappa shape index (κ1) is 9.59. The number of benzene rings is 1. The van der Waals surface area contributed by atoms with E-state index in [2.05, 4.69) is 15.4 Å². The number of nitrogens with one attached hydrogen (secondary N) is 3. The predicted octanol–water partition coefficient (Wildman–Crippen LogP) is -0.455. The number of hydrazine groups is 1. The Morgan fingerprint density at radius 3 is 2.69 bits per heavy atom. The molecule has 1 aromatic carbocycles. The number of ether oxygens (including phenoxy) is 1. The molecule has 5 N–H and O–H groups in total. The van der Waals surface area contributed by atoms with E-state index in [1.807, 2.05) is 18.2 Å². The molecule has 0 spiro atoms. The maximum absolute atomic E-state index is 11.1. The molecule has 6 nitrogen and oxygen atoms in total. The Morgan fingerprint density at radius 2 is 2.06 bits per heavy atom. The van der Waals surface area contributed by atoms with Crippen molar-refractivity contribution in [3.63, 3.8) is 0 Å². The molecule has 3 rings (SSSR count). The van der Waals surface area contributed by atoms with Crippen molar-refractivity contribution in [3.8, 4) is 0 Å². The van der Waals surface area contributed by atoms with Crippen molar-refractivity contribution in [1.82, 2.24) is 15.4 Å². The van der Waals surface area contributed by atoms with Crippen LogP contribution in [0.5, 0.6) is 0 Å². The summed E-state index contributed by atoms with van der Waals surface area (Å²) < 4.78 is 5.18. The molecular formula is C10H12N4O2. The monoisotopic (exact) mass is 220 g/mol. The SMILES string of the molecule is NNC1(c2ccc3[nH]c(=O)[nH]c3c2)COC1. The lowest BCUT2D eigenvalue weighted by molar-refractivity contribution is -0.0786. The Kier molecular flexibility index (Phi) is 1.90. The molecule has 0 unspecified atom stereocenters. The predicted molar refractivity (Wildman–Crippen MR) is 58.7 cm³/mol. The van der Waals surface area contributed by atoms with Gasteiger partial charge in [-0.1, -0.05) is 6.07 Å². The summed E-state index contributed by atoms with van der Waals surface area (Å²) in [5.41, 5.74) is 4.85. The Balaban J connectivity index is 2.14. The molecule has 16 heavy (non-hydrogen) atoms. The molecule has 0 radical (unpaired) electrons. The summed E-state index contributed by atoms with van der Waals surface area (Å²) >= 11 is 0. The van der Waals surface area contributed by atoms with Gasteiger partial charge in [0.05, 0.1) is 24.2 Å². The molecule has 1 saturated heterocycles. The maximum atomic E-state index is 11.1. The average Bonchev–Trinajstić information content (AvgIpc) is 2.56. The lowest BCUT2D eigenvalue weighted by Crippen LogP contribution is -2.60. The highest BCUT2D eigenvalue weighted by Gasteiger charge is 2.39. The Morgan fingerprint density at radius 1 is 1.31 bits per heavy atom. The Labute approximate surface area is 90.8 Å². The second-order valence-electron chi connectivity index (χ2n) is 4.06. The van der Waals surface area contributed by atoms with Gasteiger partial charge in [-0.3, -0.25) is 5.84 Å². The van der Waals surface area contributed by atoms with E-state index >= 15 is 0 Å². The van der Waals surface area contributed by atoms with Gasteiger partial charge in [-0.2, -0.15) is 0 Å². The van der Waals surface area contributed by atoms with Gasteiger partial charge in [-0.15, -0.1) is 0 Å². The van der Waals surface area contributed by atoms with Crippen LogP contribution < -0.4 is 17.0 Å². The third-order valence-corrected chi connectivity index (χ3v) is 3.04. The van der Waals surface area contributed by atoms with Gasteiger partial charge in [0, 0.05) is 0 Å². The lowest BCUT2D eigenvalue weighted by atomic mass is 9.88. The number of aromatic amines is 2. The van der Waals surface area contributed by atoms with Gasteiger partial charge in [-0.05, 0) is 17.7 Å². The normalized spacial score (nSPS) is 18.6. The summed E-state index contributed by atoms with van der Waals surface area (Å²) in [6, 6.07) is 5.71. The van der Waals surface area contributed by atoms with Crippen molar-refractivity contribution in [3.05, 3.63) is 34.2 Å². The van der Waals surface area contributed by atoms with E-state index in [1.54, 1.807) is 0 Å². The van der Waals surface area contributed by atoms with Crippen LogP contribution in [0, 0.1) is 0 Å². The summed E-state index contributed by atoms with van der Waals surface area (Å²) in [7, 11) is 0. The van der Waals surface area contributed by atoms with Gasteiger partial charge in [0.1, 0.15) is 5.54 Å². The van der Waals surface area contributed by atoms with E-state index < -0.39 is 0 Å². The molecule has 2 aromatic rings. The third-order valence-electron chi connectivity index (χ3n) is 3.04. The number of fused-ring (bicyclic) bond motifs is 1. The highest BCUT2D eigenvalue weighted by atomic mass is 16.5. The van der Waals surface area contributed by atoms with Crippen molar-refractivity contribution in [2.45, 2.75) is 5.54 Å². The summed E-state index contributed by atoms with van der Waals surface area (Å²) in [5, 5.41) is 0. The minimum absolute atomic E-state index is 0.202. The number of rotatable bonds is 2. The van der Waals surface area contributed by atoms with Crippen molar-refractivity contribution >= 4 is 11.0 Å². The zero-order valence-electron chi connectivity index (χ0n) is 8.54. The number of nitrogens with two attached hydrogens (primary N) is 1. The Hall–Kier alpha value is -1.63. The van der Waals surface area contributed by atoms with Crippen LogP contribution in [-0.4, -0.2) is 23.2 Å². The van der Waals surface area contributed by atoms with Crippen LogP contribution in [-0.2, 0) is 10.3 Å². The van der Waals surface area contributed by atoms with Crippen molar-refractivity contribution in [2.75, 3.05) is 13.2 Å². The molecule has 84 valence electrons. The fourth-order valence-electron chi connectivity index (χ4n) is 1.97. The van der Waals surface area contributed by atoms with Crippen LogP contribution >= 0.6 is 0 Å². The number of aromatic nitrogens is 2. The fourth-order valence-corrected chi connectivity index (χ4v) is 1.97. The minimum atomic E-state index is -0.317. The largest absolute Gasteiger partial charge is 0.377 e. The Bertz CT molecular complexity index is 576. The number of hydrogen-bond acceptors (Lipinski definition) is 4. The summed E-state index contributed by atoms with van der Waals surface area (Å²) in [4.78, 5) is 16.5. The summed E-state index contributed by atoms with van der Waals surface area (Å²) in [6.07, 6.45) is 0. The molecule has 0 atom stereocenters. The van der Waals surface area contributed by atoms with Gasteiger partial charge >= 0.3 is 5.69 Å². The van der Waals surface area contributed by atoms with E-state index in [0.29, 0.717) is 13.2 Å². The molecule has 2 heterocycles. The molecule has 0 bridgehead atoms. The zero-order chi connectivity index (χ0) is 11.2. The quantitative estimate of drug-likeness (QED) is 0.407. The van der Waals surface area contributed by atoms with E-state index in [0.717, 1.165) is 16.6 Å². The van der Waals surface area contributed by atoms with E-state index in [9.17, 15) is 4.79 Å². The molecule has 1 aromatic heterocycles. The smallest absolute Gasteiger partial charge is 0.323 e. The van der Waals surface area contributed by atoms with Gasteiger partial charge in [0.15, 0.2) is 0 Å². The van der Waals surface area contributed by atoms with Crippen LogP contribution in [0.2, 0.25) is 0 Å². The average molecular weight is 220 g/mol. The molecule has 0 amide bonds. The van der Waals surface area contributed by atoms with Crippen molar-refractivity contribution < 1.29 is 4.74 Å². The van der Waals surface area contributed by atoms with Crippen LogP contribution in [0.15, 0.2) is 23.0 Å². The first-order valence-corrected chi connectivity index (χ1v) is 5.02. The fraction of sp³-hybridized carbons (Fsp3) is 0.300. The molecule has 1 fully saturated rings. The van der Waals surface area contributed by atoms with Gasteiger partial charge in [-0.25, -0.2) is 10.2 Å². The van der Waals surface area contributed by atoms with Gasteiger partial charge in [0.2, 0.25) is 0 Å². The highest BCUT2D eigenvalue weighted by Crippen LogP contribution is 2.29.